The first-order valence-electron chi connectivity index (χ1n) is 6.96. The smallest absolute Gasteiger partial charge is 0.246 e. The average Bonchev–Trinajstić information content (AvgIpc) is 2.44. The molecule has 0 aromatic heterocycles. The average molecular weight is 337 g/mol. The SMILES string of the molecule is Cc1ccc(N[C@H](C)C(=O)Nc2ccc(Cl)cc2Cl)c(C)c1. The van der Waals surface area contributed by atoms with Crippen molar-refractivity contribution in [3.8, 4) is 0 Å². The van der Waals surface area contributed by atoms with Gasteiger partial charge in [-0.25, -0.2) is 0 Å². The summed E-state index contributed by atoms with van der Waals surface area (Å²) >= 11 is 11.9. The third-order valence-electron chi connectivity index (χ3n) is 3.34. The van der Waals surface area contributed by atoms with E-state index in [1.165, 1.54) is 5.56 Å². The van der Waals surface area contributed by atoms with Gasteiger partial charge in [-0.2, -0.15) is 0 Å². The van der Waals surface area contributed by atoms with Gasteiger partial charge in [0.2, 0.25) is 5.91 Å². The zero-order chi connectivity index (χ0) is 16.3. The minimum atomic E-state index is -0.395. The third kappa shape index (κ3) is 4.15. The van der Waals surface area contributed by atoms with Crippen LogP contribution in [0.3, 0.4) is 0 Å². The summed E-state index contributed by atoms with van der Waals surface area (Å²) in [5, 5.41) is 6.95. The number of aryl methyl sites for hydroxylation is 2. The van der Waals surface area contributed by atoms with Gasteiger partial charge in [0, 0.05) is 10.7 Å². The summed E-state index contributed by atoms with van der Waals surface area (Å²) in [7, 11) is 0. The van der Waals surface area contributed by atoms with Crippen LogP contribution in [0.2, 0.25) is 10.0 Å². The molecule has 0 bridgehead atoms. The molecule has 3 nitrogen and oxygen atoms in total. The lowest BCUT2D eigenvalue weighted by atomic mass is 10.1. The van der Waals surface area contributed by atoms with Crippen LogP contribution in [-0.2, 0) is 4.79 Å². The van der Waals surface area contributed by atoms with Crippen molar-refractivity contribution in [1.29, 1.82) is 0 Å². The minimum absolute atomic E-state index is 0.163. The summed E-state index contributed by atoms with van der Waals surface area (Å²) in [4.78, 5) is 12.3. The Morgan fingerprint density at radius 2 is 1.73 bits per heavy atom. The zero-order valence-electron chi connectivity index (χ0n) is 12.7. The number of anilines is 2. The van der Waals surface area contributed by atoms with E-state index < -0.39 is 6.04 Å². The number of hydrogen-bond acceptors (Lipinski definition) is 2. The Balaban J connectivity index is 2.05. The van der Waals surface area contributed by atoms with Crippen molar-refractivity contribution in [2.75, 3.05) is 10.6 Å². The first-order chi connectivity index (χ1) is 10.4. The molecule has 5 heteroatoms. The monoisotopic (exact) mass is 336 g/mol. The van der Waals surface area contributed by atoms with E-state index in [-0.39, 0.29) is 5.91 Å². The van der Waals surface area contributed by atoms with Gasteiger partial charge in [0.15, 0.2) is 0 Å². The molecule has 2 aromatic rings. The second-order valence-corrected chi connectivity index (χ2v) is 6.14. The van der Waals surface area contributed by atoms with E-state index in [1.807, 2.05) is 26.0 Å². The van der Waals surface area contributed by atoms with Crippen molar-refractivity contribution in [3.05, 3.63) is 57.6 Å². The molecule has 0 unspecified atom stereocenters. The molecule has 0 saturated heterocycles. The molecule has 1 amide bonds. The highest BCUT2D eigenvalue weighted by Crippen LogP contribution is 2.25. The van der Waals surface area contributed by atoms with Crippen LogP contribution in [0.1, 0.15) is 18.1 Å². The van der Waals surface area contributed by atoms with E-state index >= 15 is 0 Å². The Bertz CT molecular complexity index is 701. The molecule has 0 heterocycles. The molecule has 0 aliphatic heterocycles. The molecule has 0 radical (unpaired) electrons. The Morgan fingerprint density at radius 1 is 1.05 bits per heavy atom. The molecule has 2 aromatic carbocycles. The number of carbonyl (C=O) groups is 1. The van der Waals surface area contributed by atoms with Crippen LogP contribution in [0.15, 0.2) is 36.4 Å². The van der Waals surface area contributed by atoms with Crippen molar-refractivity contribution in [1.82, 2.24) is 0 Å². The molecule has 2 rings (SSSR count). The molecular weight excluding hydrogens is 319 g/mol. The van der Waals surface area contributed by atoms with E-state index in [1.54, 1.807) is 25.1 Å². The van der Waals surface area contributed by atoms with E-state index in [9.17, 15) is 4.79 Å². The lowest BCUT2D eigenvalue weighted by Crippen LogP contribution is -2.32. The van der Waals surface area contributed by atoms with Crippen molar-refractivity contribution < 1.29 is 4.79 Å². The number of amides is 1. The van der Waals surface area contributed by atoms with Crippen LogP contribution in [-0.4, -0.2) is 11.9 Å². The van der Waals surface area contributed by atoms with E-state index in [4.69, 9.17) is 23.2 Å². The molecular formula is C17H18Cl2N2O. The number of rotatable bonds is 4. The van der Waals surface area contributed by atoms with Crippen LogP contribution < -0.4 is 10.6 Å². The molecule has 0 spiro atoms. The Kier molecular flexibility index (Phi) is 5.33. The molecule has 0 saturated carbocycles. The van der Waals surface area contributed by atoms with Crippen molar-refractivity contribution >= 4 is 40.5 Å². The van der Waals surface area contributed by atoms with Crippen LogP contribution in [0, 0.1) is 13.8 Å². The van der Waals surface area contributed by atoms with Gasteiger partial charge in [-0.15, -0.1) is 0 Å². The number of nitrogens with one attached hydrogen (secondary N) is 2. The van der Waals surface area contributed by atoms with Crippen molar-refractivity contribution in [2.24, 2.45) is 0 Å². The summed E-state index contributed by atoms with van der Waals surface area (Å²) < 4.78 is 0. The summed E-state index contributed by atoms with van der Waals surface area (Å²) in [6, 6.07) is 10.6. The summed E-state index contributed by atoms with van der Waals surface area (Å²) in [6.45, 7) is 5.85. The summed E-state index contributed by atoms with van der Waals surface area (Å²) in [6.07, 6.45) is 0. The summed E-state index contributed by atoms with van der Waals surface area (Å²) in [5.41, 5.74) is 3.78. The number of carbonyl (C=O) groups excluding carboxylic acids is 1. The lowest BCUT2D eigenvalue weighted by Gasteiger charge is -2.17. The maximum absolute atomic E-state index is 12.3. The van der Waals surface area contributed by atoms with Crippen LogP contribution in [0.25, 0.3) is 0 Å². The maximum Gasteiger partial charge on any atom is 0.246 e. The molecule has 0 aliphatic carbocycles. The van der Waals surface area contributed by atoms with Gasteiger partial charge in [0.05, 0.1) is 10.7 Å². The second kappa shape index (κ2) is 7.03. The molecule has 116 valence electrons. The minimum Gasteiger partial charge on any atom is -0.374 e. The predicted octanol–water partition coefficient (Wildman–Crippen LogP) is 5.05. The molecule has 1 atom stereocenters. The van der Waals surface area contributed by atoms with Gasteiger partial charge < -0.3 is 10.6 Å². The van der Waals surface area contributed by atoms with E-state index in [2.05, 4.69) is 16.7 Å². The Labute approximate surface area is 140 Å². The fraction of sp³-hybridized carbons (Fsp3) is 0.235. The molecule has 22 heavy (non-hydrogen) atoms. The van der Waals surface area contributed by atoms with Gasteiger partial charge in [0.25, 0.3) is 0 Å². The fourth-order valence-corrected chi connectivity index (χ4v) is 2.56. The normalized spacial score (nSPS) is 11.9. The molecule has 0 aliphatic rings. The number of halogens is 2. The van der Waals surface area contributed by atoms with E-state index in [0.29, 0.717) is 15.7 Å². The van der Waals surface area contributed by atoms with Gasteiger partial charge in [-0.3, -0.25) is 4.79 Å². The molecule has 0 fully saturated rings. The van der Waals surface area contributed by atoms with Gasteiger partial charge in [-0.1, -0.05) is 40.9 Å². The highest BCUT2D eigenvalue weighted by molar-refractivity contribution is 6.36. The lowest BCUT2D eigenvalue weighted by molar-refractivity contribution is -0.116. The van der Waals surface area contributed by atoms with Crippen LogP contribution in [0.4, 0.5) is 11.4 Å². The van der Waals surface area contributed by atoms with Gasteiger partial charge >= 0.3 is 0 Å². The largest absolute Gasteiger partial charge is 0.374 e. The van der Waals surface area contributed by atoms with Crippen molar-refractivity contribution in [3.63, 3.8) is 0 Å². The maximum atomic E-state index is 12.3. The van der Waals surface area contributed by atoms with Crippen LogP contribution in [0.5, 0.6) is 0 Å². The zero-order valence-corrected chi connectivity index (χ0v) is 14.2. The third-order valence-corrected chi connectivity index (χ3v) is 3.88. The first-order valence-corrected chi connectivity index (χ1v) is 7.72. The first kappa shape index (κ1) is 16.7. The number of benzene rings is 2. The Hall–Kier alpha value is -1.71. The van der Waals surface area contributed by atoms with Gasteiger partial charge in [-0.05, 0) is 50.6 Å². The predicted molar refractivity (Wildman–Crippen MR) is 94.1 cm³/mol. The molecule has 2 N–H and O–H groups in total. The summed E-state index contributed by atoms with van der Waals surface area (Å²) in [5.74, 6) is -0.163. The fourth-order valence-electron chi connectivity index (χ4n) is 2.11. The van der Waals surface area contributed by atoms with Gasteiger partial charge in [0.1, 0.15) is 6.04 Å². The van der Waals surface area contributed by atoms with E-state index in [0.717, 1.165) is 11.3 Å². The standard InChI is InChI=1S/C17H18Cl2N2O/c1-10-4-6-15(11(2)8-10)20-12(3)17(22)21-16-7-5-13(18)9-14(16)19/h4-9,12,20H,1-3H3,(H,21,22)/t12-/m1/s1. The highest BCUT2D eigenvalue weighted by atomic mass is 35.5. The second-order valence-electron chi connectivity index (χ2n) is 5.30. The van der Waals surface area contributed by atoms with Crippen LogP contribution >= 0.6 is 23.2 Å². The topological polar surface area (TPSA) is 41.1 Å². The Morgan fingerprint density at radius 3 is 2.36 bits per heavy atom. The number of hydrogen-bond donors (Lipinski definition) is 2. The van der Waals surface area contributed by atoms with Crippen molar-refractivity contribution in [2.45, 2.75) is 26.8 Å². The quantitative estimate of drug-likeness (QED) is 0.820. The highest BCUT2D eigenvalue weighted by Gasteiger charge is 2.15.